The molecule has 0 unspecified atom stereocenters. The number of hydrogen-bond acceptors (Lipinski definition) is 19. The fourth-order valence-electron chi connectivity index (χ4n) is 12.6. The van der Waals surface area contributed by atoms with Crippen LogP contribution in [0.25, 0.3) is 10.9 Å². The third-order valence-corrected chi connectivity index (χ3v) is 20.4. The van der Waals surface area contributed by atoms with Gasteiger partial charge < -0.3 is 43.7 Å². The van der Waals surface area contributed by atoms with Gasteiger partial charge in [0.2, 0.25) is 17.8 Å². The van der Waals surface area contributed by atoms with Crippen LogP contribution >= 0.6 is 0 Å². The molecule has 3 fully saturated rings. The Kier molecular flexibility index (Phi) is 19.2. The quantitative estimate of drug-likeness (QED) is 0.0806. The van der Waals surface area contributed by atoms with Crippen molar-refractivity contribution in [2.75, 3.05) is 113 Å². The van der Waals surface area contributed by atoms with E-state index in [0.29, 0.717) is 111 Å². The lowest BCUT2D eigenvalue weighted by Gasteiger charge is -2.48. The zero-order valence-corrected chi connectivity index (χ0v) is 55.6. The maximum absolute atomic E-state index is 14.8. The predicted octanol–water partition coefficient (Wildman–Crippen LogP) is 6.64. The number of hydrogen-bond donors (Lipinski definition) is 2. The molecule has 8 heterocycles. The van der Waals surface area contributed by atoms with Gasteiger partial charge in [0.1, 0.15) is 46.6 Å². The number of aryl methyl sites for hydroxylation is 1. The first kappa shape index (κ1) is 66.1. The van der Waals surface area contributed by atoms with Gasteiger partial charge in [0.25, 0.3) is 5.56 Å². The molecule has 91 heavy (non-hydrogen) atoms. The van der Waals surface area contributed by atoms with Crippen molar-refractivity contribution >= 4 is 61.9 Å². The number of ether oxygens (including phenoxy) is 3. The molecule has 0 radical (unpaired) electrons. The van der Waals surface area contributed by atoms with Gasteiger partial charge in [0, 0.05) is 126 Å². The number of H-pyrrole nitrogens is 1. The molecule has 2 N–H and O–H groups in total. The lowest BCUT2D eigenvalue weighted by molar-refractivity contribution is -0.142. The van der Waals surface area contributed by atoms with E-state index < -0.39 is 37.7 Å². The van der Waals surface area contributed by atoms with E-state index >= 15 is 0 Å². The molecule has 26 heteroatoms. The van der Waals surface area contributed by atoms with Crippen LogP contribution in [-0.4, -0.2) is 212 Å². The summed E-state index contributed by atoms with van der Waals surface area (Å²) in [7, 11) is -2.10. The highest BCUT2D eigenvalue weighted by Gasteiger charge is 2.45. The number of sulfone groups is 1. The molecule has 0 aliphatic carbocycles. The zero-order valence-electron chi connectivity index (χ0n) is 54.8. The Balaban J connectivity index is 0.707. The van der Waals surface area contributed by atoms with E-state index in [1.54, 1.807) is 83.7 Å². The number of carbonyl (C=O) groups excluding carboxylic acids is 3. The van der Waals surface area contributed by atoms with Crippen molar-refractivity contribution in [1.82, 2.24) is 59.2 Å². The summed E-state index contributed by atoms with van der Waals surface area (Å²) in [5.74, 6) is 1.87. The van der Waals surface area contributed by atoms with E-state index in [1.165, 1.54) is 18.5 Å². The number of nitrogens with zero attached hydrogens (tertiary/aromatic N) is 13. The van der Waals surface area contributed by atoms with E-state index in [0.717, 1.165) is 42.1 Å². The number of anilines is 4. The summed E-state index contributed by atoms with van der Waals surface area (Å²) < 4.78 is 60.6. The molecule has 24 nitrogen and oxygen atoms in total. The SMILES string of the molecule is Cc1n[nH]c(Nc2ncnc3cc(OCCCN4CCN(c5ncc(OCCN6CCN(C[C@H]7CN(C(=O)OC(C)(C)C)[C@H](C)CN7CC(=O)N7CC(C)(C)c8c7cc(Cc7ccc(F)cc7)c(=O)n8C)[C@H](C)C6=O)cn5)CC4)c(S(=O)(=O)C(C)(C)C)cc23)c1C. The first-order valence-electron chi connectivity index (χ1n) is 31.4. The van der Waals surface area contributed by atoms with E-state index in [1.807, 2.05) is 68.4 Å². The van der Waals surface area contributed by atoms with Gasteiger partial charge in [-0.05, 0) is 105 Å². The molecule has 2 aromatic carbocycles. The molecule has 4 aliphatic rings. The summed E-state index contributed by atoms with van der Waals surface area (Å²) in [6.45, 7) is 29.3. The van der Waals surface area contributed by atoms with Crippen LogP contribution in [0.1, 0.15) is 104 Å². The normalized spacial score (nSPS) is 19.5. The standard InChI is InChI=1S/C65H88FN15O9S/c1-41-35-79(38-55(82)81-39-65(11,12)56-52(81)30-46(60(84)74(56)13)29-45-15-17-47(66)18-16-45)48(37-80(41)62(85)90-63(5,6)7)36-78-25-24-76(59(83)44(78)4)26-28-88-49-33-67-61(68-34-49)77-22-20-75(21-23-77)19-14-27-89-53-32-51-50(31-54(53)91(86,87)64(8,9)10)58(70-40-69-51)71-57-42(2)43(3)72-73-57/h15-18,30-34,40-41,44,48H,14,19-29,35-39H2,1-13H3,(H2,69,70,71,72,73)/t41-,44-,48+/m1/s1. The first-order chi connectivity index (χ1) is 43.0. The average Bonchev–Trinajstić information content (AvgIpc) is 1.68. The molecule has 3 atom stereocenters. The Morgan fingerprint density at radius 3 is 2.24 bits per heavy atom. The highest BCUT2D eigenvalue weighted by Crippen LogP contribution is 2.41. The number of aromatic nitrogens is 7. The van der Waals surface area contributed by atoms with Crippen molar-refractivity contribution in [3.8, 4) is 11.5 Å². The van der Waals surface area contributed by atoms with Crippen LogP contribution in [0.3, 0.4) is 0 Å². The molecule has 0 saturated carbocycles. The van der Waals surface area contributed by atoms with Crippen molar-refractivity contribution in [2.24, 2.45) is 7.05 Å². The lowest BCUT2D eigenvalue weighted by atomic mass is 9.90. The van der Waals surface area contributed by atoms with Gasteiger partial charge in [-0.1, -0.05) is 26.0 Å². The number of rotatable bonds is 19. The molecule has 4 aliphatic heterocycles. The predicted molar refractivity (Wildman–Crippen MR) is 346 cm³/mol. The van der Waals surface area contributed by atoms with E-state index in [2.05, 4.69) is 55.0 Å². The number of amides is 3. The van der Waals surface area contributed by atoms with E-state index in [-0.39, 0.29) is 72.0 Å². The van der Waals surface area contributed by atoms with Crippen LogP contribution in [-0.2, 0) is 43.0 Å². The summed E-state index contributed by atoms with van der Waals surface area (Å²) in [4.78, 5) is 88.7. The van der Waals surface area contributed by atoms with Gasteiger partial charge in [-0.2, -0.15) is 5.10 Å². The molecular formula is C65H88FN15O9S. The second kappa shape index (κ2) is 26.4. The topological polar surface area (TPSA) is 250 Å². The Hall–Kier alpha value is -7.81. The Morgan fingerprint density at radius 2 is 1.57 bits per heavy atom. The summed E-state index contributed by atoms with van der Waals surface area (Å²) in [5.41, 5.74) is 3.59. The molecule has 0 bridgehead atoms. The molecule has 3 amide bonds. The second-order valence-corrected chi connectivity index (χ2v) is 29.9. The minimum atomic E-state index is -3.84. The van der Waals surface area contributed by atoms with Crippen molar-refractivity contribution in [2.45, 2.75) is 135 Å². The minimum absolute atomic E-state index is 0.0412. The van der Waals surface area contributed by atoms with Crippen LogP contribution in [0.2, 0.25) is 0 Å². The number of fused-ring (bicyclic) bond motifs is 2. The maximum atomic E-state index is 14.8. The van der Waals surface area contributed by atoms with Crippen molar-refractivity contribution in [1.29, 1.82) is 0 Å². The Labute approximate surface area is 532 Å². The van der Waals surface area contributed by atoms with Gasteiger partial charge in [0.05, 0.1) is 65.5 Å². The molecule has 6 aromatic rings. The third-order valence-electron chi connectivity index (χ3n) is 17.9. The number of nitrogens with one attached hydrogen (secondary N) is 2. The Morgan fingerprint density at radius 1 is 0.857 bits per heavy atom. The monoisotopic (exact) mass is 1270 g/mol. The fraction of sp³-hybridized carbons (Fsp3) is 0.554. The number of piperazine rings is 3. The largest absolute Gasteiger partial charge is 0.492 e. The number of benzene rings is 2. The minimum Gasteiger partial charge on any atom is -0.492 e. The number of carbonyl (C=O) groups is 3. The van der Waals surface area contributed by atoms with Crippen LogP contribution in [0.15, 0.2) is 70.9 Å². The molecular weight excluding hydrogens is 1190 g/mol. The molecule has 0 spiro atoms. The number of pyridine rings is 1. The molecule has 3 saturated heterocycles. The van der Waals surface area contributed by atoms with Crippen molar-refractivity contribution < 1.29 is 41.4 Å². The first-order valence-corrected chi connectivity index (χ1v) is 32.9. The fourth-order valence-corrected chi connectivity index (χ4v) is 13.9. The number of aromatic amines is 1. The molecule has 490 valence electrons. The van der Waals surface area contributed by atoms with Gasteiger partial charge in [-0.25, -0.2) is 37.5 Å². The lowest BCUT2D eigenvalue weighted by Crippen LogP contribution is -2.65. The van der Waals surface area contributed by atoms with Gasteiger partial charge in [-0.3, -0.25) is 34.2 Å². The molecule has 4 aromatic heterocycles. The highest BCUT2D eigenvalue weighted by molar-refractivity contribution is 7.92. The third kappa shape index (κ3) is 14.6. The summed E-state index contributed by atoms with van der Waals surface area (Å²) in [5, 5.41) is 11.0. The van der Waals surface area contributed by atoms with E-state index in [9.17, 15) is 32.0 Å². The van der Waals surface area contributed by atoms with E-state index in [4.69, 9.17) is 14.2 Å². The zero-order chi connectivity index (χ0) is 65.5. The highest BCUT2D eigenvalue weighted by atomic mass is 32.2. The maximum Gasteiger partial charge on any atom is 0.410 e. The number of halogens is 1. The Bertz CT molecular complexity index is 3820. The van der Waals surface area contributed by atoms with Crippen molar-refractivity contribution in [3.63, 3.8) is 0 Å². The van der Waals surface area contributed by atoms with Crippen LogP contribution in [0.4, 0.5) is 32.5 Å². The van der Waals surface area contributed by atoms with Crippen LogP contribution in [0.5, 0.6) is 11.5 Å². The smallest absolute Gasteiger partial charge is 0.410 e. The summed E-state index contributed by atoms with van der Waals surface area (Å²) >= 11 is 0. The summed E-state index contributed by atoms with van der Waals surface area (Å²) in [6, 6.07) is 10.0. The van der Waals surface area contributed by atoms with Gasteiger partial charge in [-0.15, -0.1) is 0 Å². The van der Waals surface area contributed by atoms with Crippen LogP contribution in [0, 0.1) is 19.7 Å². The average molecular weight is 1270 g/mol. The van der Waals surface area contributed by atoms with Crippen molar-refractivity contribution in [3.05, 3.63) is 105 Å². The van der Waals surface area contributed by atoms with Gasteiger partial charge >= 0.3 is 6.09 Å². The second-order valence-electron chi connectivity index (χ2n) is 27.2. The summed E-state index contributed by atoms with van der Waals surface area (Å²) in [6.07, 6.45) is 5.24. The van der Waals surface area contributed by atoms with Gasteiger partial charge in [0.15, 0.2) is 15.6 Å². The molecule has 10 rings (SSSR count). The van der Waals surface area contributed by atoms with Crippen LogP contribution < -0.4 is 30.1 Å².